The first-order valence-corrected chi connectivity index (χ1v) is 13.0. The molecule has 34 heavy (non-hydrogen) atoms. The second-order valence-corrected chi connectivity index (χ2v) is 9.93. The molecule has 3 aromatic rings. The highest BCUT2D eigenvalue weighted by atomic mass is 35.5. The Labute approximate surface area is 206 Å². The molecule has 1 atom stereocenters. The Morgan fingerprint density at radius 2 is 1.62 bits per heavy atom. The highest BCUT2D eigenvalue weighted by molar-refractivity contribution is 7.89. The highest BCUT2D eigenvalue weighted by Crippen LogP contribution is 2.27. The Bertz CT molecular complexity index is 1220. The number of rotatable bonds is 10. The molecule has 0 spiro atoms. The molecule has 0 saturated heterocycles. The van der Waals surface area contributed by atoms with Crippen molar-refractivity contribution in [3.8, 4) is 5.75 Å². The number of para-hydroxylation sites is 1. The van der Waals surface area contributed by atoms with E-state index in [9.17, 15) is 13.2 Å². The average molecular weight is 501 g/mol. The fourth-order valence-corrected chi connectivity index (χ4v) is 5.26. The molecule has 0 aromatic heterocycles. The lowest BCUT2D eigenvalue weighted by molar-refractivity contribution is -0.117. The van der Waals surface area contributed by atoms with Crippen LogP contribution in [0.3, 0.4) is 0 Å². The first-order valence-electron chi connectivity index (χ1n) is 11.1. The van der Waals surface area contributed by atoms with Crippen LogP contribution in [0.2, 0.25) is 5.02 Å². The van der Waals surface area contributed by atoms with Crippen molar-refractivity contribution in [2.75, 3.05) is 12.4 Å². The number of anilines is 1. The maximum absolute atomic E-state index is 13.4. The van der Waals surface area contributed by atoms with Crippen molar-refractivity contribution >= 4 is 33.2 Å². The molecule has 0 aliphatic rings. The average Bonchev–Trinajstić information content (AvgIpc) is 2.84. The SMILES string of the molecule is CCc1cccc(CC)c1NC(=O)C(Cc1ccccc1)NS(=O)(=O)c1ccc(OC)c(Cl)c1. The summed E-state index contributed by atoms with van der Waals surface area (Å²) in [5.41, 5.74) is 3.56. The number of carbonyl (C=O) groups is 1. The van der Waals surface area contributed by atoms with Crippen molar-refractivity contribution in [2.45, 2.75) is 44.0 Å². The number of benzene rings is 3. The van der Waals surface area contributed by atoms with E-state index < -0.39 is 22.0 Å². The minimum atomic E-state index is -4.05. The second kappa shape index (κ2) is 11.5. The van der Waals surface area contributed by atoms with E-state index in [4.69, 9.17) is 16.3 Å². The first-order chi connectivity index (χ1) is 16.3. The molecule has 0 aliphatic heterocycles. The predicted octanol–water partition coefficient (Wildman–Crippen LogP) is 5.00. The van der Waals surface area contributed by atoms with Crippen molar-refractivity contribution in [3.05, 3.63) is 88.4 Å². The topological polar surface area (TPSA) is 84.5 Å². The smallest absolute Gasteiger partial charge is 0.242 e. The molecular weight excluding hydrogens is 472 g/mol. The van der Waals surface area contributed by atoms with Crippen LogP contribution in [0, 0.1) is 0 Å². The number of halogens is 1. The van der Waals surface area contributed by atoms with Crippen molar-refractivity contribution in [1.29, 1.82) is 0 Å². The van der Waals surface area contributed by atoms with Crippen LogP contribution in [-0.4, -0.2) is 27.5 Å². The Morgan fingerprint density at radius 3 is 2.18 bits per heavy atom. The lowest BCUT2D eigenvalue weighted by atomic mass is 10.0. The number of methoxy groups -OCH3 is 1. The van der Waals surface area contributed by atoms with Gasteiger partial charge >= 0.3 is 0 Å². The number of nitrogens with one attached hydrogen (secondary N) is 2. The van der Waals surface area contributed by atoms with Gasteiger partial charge in [0.2, 0.25) is 15.9 Å². The molecule has 3 aromatic carbocycles. The van der Waals surface area contributed by atoms with Crippen LogP contribution in [0.25, 0.3) is 0 Å². The molecule has 180 valence electrons. The fraction of sp³-hybridized carbons (Fsp3) is 0.269. The Kier molecular flexibility index (Phi) is 8.72. The maximum Gasteiger partial charge on any atom is 0.242 e. The quantitative estimate of drug-likeness (QED) is 0.410. The van der Waals surface area contributed by atoms with Crippen molar-refractivity contribution in [1.82, 2.24) is 4.72 Å². The van der Waals surface area contributed by atoms with E-state index in [1.807, 2.05) is 62.4 Å². The van der Waals surface area contributed by atoms with Gasteiger partial charge in [-0.2, -0.15) is 4.72 Å². The molecule has 0 saturated carbocycles. The van der Waals surface area contributed by atoms with Crippen molar-refractivity contribution < 1.29 is 17.9 Å². The summed E-state index contributed by atoms with van der Waals surface area (Å²) in [5, 5.41) is 3.16. The summed E-state index contributed by atoms with van der Waals surface area (Å²) in [6.07, 6.45) is 1.66. The molecule has 8 heteroatoms. The van der Waals surface area contributed by atoms with Gasteiger partial charge in [-0.25, -0.2) is 8.42 Å². The Hall–Kier alpha value is -2.87. The fourth-order valence-electron chi connectivity index (χ4n) is 3.72. The number of hydrogen-bond donors (Lipinski definition) is 2. The van der Waals surface area contributed by atoms with Gasteiger partial charge in [0.25, 0.3) is 0 Å². The third-order valence-corrected chi connectivity index (χ3v) is 7.34. The lowest BCUT2D eigenvalue weighted by Gasteiger charge is -2.21. The van der Waals surface area contributed by atoms with Crippen molar-refractivity contribution in [3.63, 3.8) is 0 Å². The van der Waals surface area contributed by atoms with Crippen LogP contribution in [0.5, 0.6) is 5.75 Å². The summed E-state index contributed by atoms with van der Waals surface area (Å²) < 4.78 is 34.1. The standard InChI is InChI=1S/C26H29ClN2O4S/c1-4-19-12-9-13-20(5-2)25(19)28-26(30)23(16-18-10-7-6-8-11-18)29-34(31,32)21-14-15-24(33-3)22(27)17-21/h6-15,17,23,29H,4-5,16H2,1-3H3,(H,28,30). The normalized spacial score (nSPS) is 12.2. The lowest BCUT2D eigenvalue weighted by Crippen LogP contribution is -2.45. The van der Waals surface area contributed by atoms with Gasteiger partial charge in [-0.3, -0.25) is 4.79 Å². The molecule has 0 heterocycles. The second-order valence-electron chi connectivity index (χ2n) is 7.81. The van der Waals surface area contributed by atoms with Crippen LogP contribution < -0.4 is 14.8 Å². The van der Waals surface area contributed by atoms with Gasteiger partial charge in [0.1, 0.15) is 11.8 Å². The molecule has 0 radical (unpaired) electrons. The van der Waals surface area contributed by atoms with Gasteiger partial charge in [-0.05, 0) is 54.2 Å². The molecule has 1 unspecified atom stereocenters. The summed E-state index contributed by atoms with van der Waals surface area (Å²) in [5.74, 6) is -0.0647. The Balaban J connectivity index is 1.94. The molecule has 2 N–H and O–H groups in total. The molecule has 3 rings (SSSR count). The summed E-state index contributed by atoms with van der Waals surface area (Å²) >= 11 is 6.14. The third kappa shape index (κ3) is 6.17. The maximum atomic E-state index is 13.4. The molecule has 6 nitrogen and oxygen atoms in total. The minimum absolute atomic E-state index is 0.0487. The van der Waals surface area contributed by atoms with Gasteiger partial charge in [0.15, 0.2) is 0 Å². The zero-order chi connectivity index (χ0) is 24.7. The summed E-state index contributed by atoms with van der Waals surface area (Å²) in [4.78, 5) is 13.4. The Morgan fingerprint density at radius 1 is 0.971 bits per heavy atom. The zero-order valence-electron chi connectivity index (χ0n) is 19.5. The van der Waals surface area contributed by atoms with Gasteiger partial charge in [0.05, 0.1) is 17.0 Å². The monoisotopic (exact) mass is 500 g/mol. The van der Waals surface area contributed by atoms with E-state index >= 15 is 0 Å². The van der Waals surface area contributed by atoms with E-state index in [1.54, 1.807) is 0 Å². The first kappa shape index (κ1) is 25.7. The van der Waals surface area contributed by atoms with Crippen LogP contribution >= 0.6 is 11.6 Å². The van der Waals surface area contributed by atoms with E-state index in [2.05, 4.69) is 10.0 Å². The van der Waals surface area contributed by atoms with E-state index in [0.717, 1.165) is 35.2 Å². The van der Waals surface area contributed by atoms with Crippen LogP contribution in [0.15, 0.2) is 71.6 Å². The number of aryl methyl sites for hydroxylation is 2. The van der Waals surface area contributed by atoms with Gasteiger partial charge < -0.3 is 10.1 Å². The van der Waals surface area contributed by atoms with Gasteiger partial charge in [-0.1, -0.05) is 74.0 Å². The van der Waals surface area contributed by atoms with E-state index in [1.165, 1.54) is 25.3 Å². The number of ether oxygens (including phenoxy) is 1. The largest absolute Gasteiger partial charge is 0.495 e. The van der Waals surface area contributed by atoms with E-state index in [-0.39, 0.29) is 16.3 Å². The summed E-state index contributed by atoms with van der Waals surface area (Å²) in [6, 6.07) is 18.3. The van der Waals surface area contributed by atoms with Crippen LogP contribution in [-0.2, 0) is 34.1 Å². The third-order valence-electron chi connectivity index (χ3n) is 5.58. The van der Waals surface area contributed by atoms with Gasteiger partial charge in [0, 0.05) is 5.69 Å². The molecule has 1 amide bonds. The molecule has 0 aliphatic carbocycles. The van der Waals surface area contributed by atoms with Crippen LogP contribution in [0.4, 0.5) is 5.69 Å². The summed E-state index contributed by atoms with van der Waals surface area (Å²) in [6.45, 7) is 4.03. The number of sulfonamides is 1. The predicted molar refractivity (Wildman–Crippen MR) is 136 cm³/mol. The van der Waals surface area contributed by atoms with Crippen molar-refractivity contribution in [2.24, 2.45) is 0 Å². The molecular formula is C26H29ClN2O4S. The number of amides is 1. The van der Waals surface area contributed by atoms with E-state index in [0.29, 0.717) is 5.75 Å². The summed E-state index contributed by atoms with van der Waals surface area (Å²) in [7, 11) is -2.60. The number of carbonyl (C=O) groups excluding carboxylic acids is 1. The zero-order valence-corrected chi connectivity index (χ0v) is 21.0. The van der Waals surface area contributed by atoms with Crippen LogP contribution in [0.1, 0.15) is 30.5 Å². The molecule has 0 fully saturated rings. The highest BCUT2D eigenvalue weighted by Gasteiger charge is 2.27. The number of hydrogen-bond acceptors (Lipinski definition) is 4. The minimum Gasteiger partial charge on any atom is -0.495 e. The molecule has 0 bridgehead atoms. The van der Waals surface area contributed by atoms with Gasteiger partial charge in [-0.15, -0.1) is 0 Å².